The van der Waals surface area contributed by atoms with Crippen LogP contribution in [-0.2, 0) is 0 Å². The van der Waals surface area contributed by atoms with Crippen LogP contribution in [0.3, 0.4) is 0 Å². The molecule has 0 amide bonds. The zero-order chi connectivity index (χ0) is 10.6. The van der Waals surface area contributed by atoms with Gasteiger partial charge in [0.25, 0.3) is 0 Å². The molecule has 1 fully saturated rings. The van der Waals surface area contributed by atoms with Crippen LogP contribution in [0.4, 0.5) is 0 Å². The summed E-state index contributed by atoms with van der Waals surface area (Å²) in [5, 5.41) is 0. The van der Waals surface area contributed by atoms with E-state index in [9.17, 15) is 0 Å². The lowest BCUT2D eigenvalue weighted by Crippen LogP contribution is -2.31. The first-order valence-electron chi connectivity index (χ1n) is 5.04. The number of thioether (sulfide) groups is 1. The van der Waals surface area contributed by atoms with E-state index < -0.39 is 0 Å². The highest BCUT2D eigenvalue weighted by Gasteiger charge is 2.43. The Morgan fingerprint density at radius 3 is 2.64 bits per heavy atom. The van der Waals surface area contributed by atoms with Gasteiger partial charge in [-0.3, -0.25) is 0 Å². The van der Waals surface area contributed by atoms with Crippen molar-refractivity contribution in [3.8, 4) is 0 Å². The van der Waals surface area contributed by atoms with Crippen molar-refractivity contribution in [2.75, 3.05) is 32.1 Å². The molecule has 2 nitrogen and oxygen atoms in total. The molecule has 0 aromatic heterocycles. The molecule has 14 heavy (non-hydrogen) atoms. The summed E-state index contributed by atoms with van der Waals surface area (Å²) in [4.78, 5) is 3.09. The Hall–Kier alpha value is 0.200. The molecule has 0 aromatic carbocycles. The molecule has 1 rings (SSSR count). The van der Waals surface area contributed by atoms with Crippen molar-refractivity contribution in [3.05, 3.63) is 0 Å². The molecular weight excluding hydrogens is 212 g/mol. The van der Waals surface area contributed by atoms with E-state index in [4.69, 9.17) is 18.0 Å². The molecule has 0 heterocycles. The number of hydrogen-bond acceptors (Lipinski definition) is 3. The monoisotopic (exact) mass is 232 g/mol. The lowest BCUT2D eigenvalue weighted by atomic mass is 10.0. The van der Waals surface area contributed by atoms with Crippen LogP contribution in [0, 0.1) is 5.41 Å². The van der Waals surface area contributed by atoms with Crippen LogP contribution in [0.15, 0.2) is 0 Å². The lowest BCUT2D eigenvalue weighted by Gasteiger charge is -2.22. The minimum absolute atomic E-state index is 0.443. The SMILES string of the molecule is CSCCN(C)CC1(CC(N)=S)CC1. The van der Waals surface area contributed by atoms with Gasteiger partial charge < -0.3 is 10.6 Å². The summed E-state index contributed by atoms with van der Waals surface area (Å²) in [6.07, 6.45) is 5.68. The van der Waals surface area contributed by atoms with Gasteiger partial charge in [-0.1, -0.05) is 12.2 Å². The van der Waals surface area contributed by atoms with Crippen LogP contribution in [0.5, 0.6) is 0 Å². The first-order chi connectivity index (χ1) is 6.58. The number of thiocarbonyl (C=S) groups is 1. The molecule has 0 saturated heterocycles. The van der Waals surface area contributed by atoms with Gasteiger partial charge in [-0.25, -0.2) is 0 Å². The van der Waals surface area contributed by atoms with Gasteiger partial charge in [0, 0.05) is 25.3 Å². The molecular formula is C10H20N2S2. The zero-order valence-electron chi connectivity index (χ0n) is 9.08. The van der Waals surface area contributed by atoms with Crippen molar-refractivity contribution in [2.45, 2.75) is 19.3 Å². The zero-order valence-corrected chi connectivity index (χ0v) is 10.7. The predicted molar refractivity (Wildman–Crippen MR) is 68.9 cm³/mol. The fourth-order valence-corrected chi connectivity index (χ4v) is 2.64. The fourth-order valence-electron chi connectivity index (χ4n) is 1.84. The summed E-state index contributed by atoms with van der Waals surface area (Å²) >= 11 is 6.88. The lowest BCUT2D eigenvalue weighted by molar-refractivity contribution is 0.281. The van der Waals surface area contributed by atoms with Crippen molar-refractivity contribution in [2.24, 2.45) is 11.1 Å². The maximum absolute atomic E-state index is 5.60. The number of nitrogens with zero attached hydrogens (tertiary/aromatic N) is 1. The van der Waals surface area contributed by atoms with Crippen molar-refractivity contribution in [1.82, 2.24) is 4.90 Å². The summed E-state index contributed by atoms with van der Waals surface area (Å²) in [5.41, 5.74) is 6.05. The Morgan fingerprint density at radius 1 is 1.57 bits per heavy atom. The molecule has 82 valence electrons. The van der Waals surface area contributed by atoms with Crippen LogP contribution in [0.25, 0.3) is 0 Å². The summed E-state index contributed by atoms with van der Waals surface area (Å²) in [7, 11) is 2.19. The molecule has 4 heteroatoms. The normalized spacial score (nSPS) is 18.5. The van der Waals surface area contributed by atoms with E-state index in [1.54, 1.807) is 0 Å². The molecule has 0 atom stereocenters. The van der Waals surface area contributed by atoms with Gasteiger partial charge in [0.2, 0.25) is 0 Å². The molecule has 0 aliphatic heterocycles. The molecule has 2 N–H and O–H groups in total. The highest BCUT2D eigenvalue weighted by Crippen LogP contribution is 2.49. The second kappa shape index (κ2) is 5.33. The predicted octanol–water partition coefficient (Wildman–Crippen LogP) is 1.74. The van der Waals surface area contributed by atoms with Gasteiger partial charge in [0.15, 0.2) is 0 Å². The second-order valence-corrected chi connectivity index (χ2v) is 5.88. The molecule has 0 aromatic rings. The third kappa shape index (κ3) is 4.15. The largest absolute Gasteiger partial charge is 0.393 e. The Labute approximate surface area is 96.6 Å². The Kier molecular flexibility index (Phi) is 4.67. The number of nitrogens with two attached hydrogens (primary N) is 1. The first kappa shape index (κ1) is 12.3. The summed E-state index contributed by atoms with van der Waals surface area (Å²) < 4.78 is 0. The Balaban J connectivity index is 2.25. The highest BCUT2D eigenvalue weighted by atomic mass is 32.2. The quantitative estimate of drug-likeness (QED) is 0.677. The van der Waals surface area contributed by atoms with Crippen molar-refractivity contribution >= 4 is 29.0 Å². The molecule has 1 saturated carbocycles. The van der Waals surface area contributed by atoms with Crippen LogP contribution in [0.1, 0.15) is 19.3 Å². The smallest absolute Gasteiger partial charge is 0.0733 e. The van der Waals surface area contributed by atoms with E-state index >= 15 is 0 Å². The van der Waals surface area contributed by atoms with Crippen LogP contribution in [0.2, 0.25) is 0 Å². The van der Waals surface area contributed by atoms with Crippen LogP contribution in [-0.4, -0.2) is 42.0 Å². The maximum Gasteiger partial charge on any atom is 0.0733 e. The molecule has 0 spiro atoms. The summed E-state index contributed by atoms with van der Waals surface area (Å²) in [5.74, 6) is 1.21. The van der Waals surface area contributed by atoms with Gasteiger partial charge in [0.1, 0.15) is 0 Å². The maximum atomic E-state index is 5.60. The van der Waals surface area contributed by atoms with Crippen molar-refractivity contribution < 1.29 is 0 Å². The van der Waals surface area contributed by atoms with Gasteiger partial charge in [0.05, 0.1) is 4.99 Å². The van der Waals surface area contributed by atoms with Crippen LogP contribution >= 0.6 is 24.0 Å². The molecule has 1 aliphatic carbocycles. The second-order valence-electron chi connectivity index (χ2n) is 4.37. The molecule has 1 aliphatic rings. The number of hydrogen-bond donors (Lipinski definition) is 1. The number of rotatable bonds is 7. The Bertz CT molecular complexity index is 202. The molecule has 0 unspecified atom stereocenters. The summed E-state index contributed by atoms with van der Waals surface area (Å²) in [6, 6.07) is 0. The standard InChI is InChI=1S/C10H20N2S2/c1-12(5-6-14-2)8-10(3-4-10)7-9(11)13/h3-8H2,1-2H3,(H2,11,13). The van der Waals surface area contributed by atoms with E-state index in [-0.39, 0.29) is 0 Å². The van der Waals surface area contributed by atoms with Gasteiger partial charge in [-0.15, -0.1) is 0 Å². The average Bonchev–Trinajstić information content (AvgIpc) is 2.80. The van der Waals surface area contributed by atoms with Gasteiger partial charge in [-0.05, 0) is 31.6 Å². The minimum Gasteiger partial charge on any atom is -0.393 e. The minimum atomic E-state index is 0.443. The van der Waals surface area contributed by atoms with E-state index in [0.717, 1.165) is 13.0 Å². The Morgan fingerprint density at radius 2 is 2.21 bits per heavy atom. The molecule has 0 radical (unpaired) electrons. The summed E-state index contributed by atoms with van der Waals surface area (Å²) in [6.45, 7) is 2.32. The van der Waals surface area contributed by atoms with E-state index in [0.29, 0.717) is 10.4 Å². The van der Waals surface area contributed by atoms with E-state index in [1.165, 1.54) is 25.1 Å². The van der Waals surface area contributed by atoms with Crippen LogP contribution < -0.4 is 5.73 Å². The van der Waals surface area contributed by atoms with Gasteiger partial charge in [-0.2, -0.15) is 11.8 Å². The average molecular weight is 232 g/mol. The topological polar surface area (TPSA) is 29.3 Å². The van der Waals surface area contributed by atoms with Crippen molar-refractivity contribution in [1.29, 1.82) is 0 Å². The van der Waals surface area contributed by atoms with Crippen molar-refractivity contribution in [3.63, 3.8) is 0 Å². The molecule has 0 bridgehead atoms. The third-order valence-corrected chi connectivity index (χ3v) is 3.52. The fraction of sp³-hybridized carbons (Fsp3) is 0.900. The van der Waals surface area contributed by atoms with E-state index in [1.807, 2.05) is 11.8 Å². The van der Waals surface area contributed by atoms with Gasteiger partial charge >= 0.3 is 0 Å². The third-order valence-electron chi connectivity index (χ3n) is 2.79. The van der Waals surface area contributed by atoms with E-state index in [2.05, 4.69) is 18.2 Å². The first-order valence-corrected chi connectivity index (χ1v) is 6.84. The highest BCUT2D eigenvalue weighted by molar-refractivity contribution is 7.98.